The van der Waals surface area contributed by atoms with Gasteiger partial charge in [0.1, 0.15) is 5.75 Å². The van der Waals surface area contributed by atoms with E-state index in [1.807, 2.05) is 24.3 Å². The maximum atomic E-state index is 11.2. The standard InChI is InChI=1S/C15H24N2O2/c1-2-3-12-19-14-6-4-13(5-7-14)9-11-17-15(18)8-10-16/h4-7H,2-3,8-12,16H2,1H3,(H,17,18). The predicted octanol–water partition coefficient (Wildman–Crippen LogP) is 1.87. The lowest BCUT2D eigenvalue weighted by molar-refractivity contribution is -0.120. The van der Waals surface area contributed by atoms with E-state index in [4.69, 9.17) is 10.5 Å². The maximum absolute atomic E-state index is 11.2. The summed E-state index contributed by atoms with van der Waals surface area (Å²) in [6.45, 7) is 3.96. The van der Waals surface area contributed by atoms with Crippen molar-refractivity contribution in [2.45, 2.75) is 32.6 Å². The van der Waals surface area contributed by atoms with Gasteiger partial charge in [0.2, 0.25) is 5.91 Å². The Kier molecular flexibility index (Phi) is 7.66. The number of hydrogen-bond acceptors (Lipinski definition) is 3. The second-order valence-electron chi connectivity index (χ2n) is 4.48. The molecule has 0 fully saturated rings. The van der Waals surface area contributed by atoms with Crippen LogP contribution in [0.15, 0.2) is 24.3 Å². The average molecular weight is 264 g/mol. The Morgan fingerprint density at radius 2 is 2.05 bits per heavy atom. The van der Waals surface area contributed by atoms with E-state index in [0.29, 0.717) is 19.5 Å². The largest absolute Gasteiger partial charge is 0.494 e. The molecule has 1 aromatic rings. The van der Waals surface area contributed by atoms with Gasteiger partial charge in [-0.3, -0.25) is 4.79 Å². The molecule has 0 aromatic heterocycles. The SMILES string of the molecule is CCCCOc1ccc(CCNC(=O)CCN)cc1. The number of amides is 1. The normalized spacial score (nSPS) is 10.2. The van der Waals surface area contributed by atoms with Gasteiger partial charge >= 0.3 is 0 Å². The summed E-state index contributed by atoms with van der Waals surface area (Å²) in [5.74, 6) is 0.923. The predicted molar refractivity (Wildman–Crippen MR) is 77.2 cm³/mol. The van der Waals surface area contributed by atoms with Crippen molar-refractivity contribution < 1.29 is 9.53 Å². The Morgan fingerprint density at radius 3 is 2.68 bits per heavy atom. The molecule has 1 amide bonds. The minimum atomic E-state index is 0.0158. The number of ether oxygens (including phenoxy) is 1. The fraction of sp³-hybridized carbons (Fsp3) is 0.533. The number of nitrogens with one attached hydrogen (secondary N) is 1. The van der Waals surface area contributed by atoms with Gasteiger partial charge in [-0.1, -0.05) is 25.5 Å². The number of carbonyl (C=O) groups excluding carboxylic acids is 1. The summed E-state index contributed by atoms with van der Waals surface area (Å²) < 4.78 is 5.59. The monoisotopic (exact) mass is 264 g/mol. The van der Waals surface area contributed by atoms with Crippen molar-refractivity contribution >= 4 is 5.91 Å². The van der Waals surface area contributed by atoms with Crippen LogP contribution in [0.5, 0.6) is 5.75 Å². The highest BCUT2D eigenvalue weighted by molar-refractivity contribution is 5.75. The van der Waals surface area contributed by atoms with Crippen LogP contribution in [-0.4, -0.2) is 25.6 Å². The second kappa shape index (κ2) is 9.39. The van der Waals surface area contributed by atoms with Gasteiger partial charge in [0.15, 0.2) is 0 Å². The quantitative estimate of drug-likeness (QED) is 0.669. The fourth-order valence-electron chi connectivity index (χ4n) is 1.65. The van der Waals surface area contributed by atoms with Crippen LogP contribution in [0.1, 0.15) is 31.7 Å². The van der Waals surface area contributed by atoms with Crippen LogP contribution in [0.4, 0.5) is 0 Å². The van der Waals surface area contributed by atoms with Crippen LogP contribution >= 0.6 is 0 Å². The van der Waals surface area contributed by atoms with Gasteiger partial charge in [0, 0.05) is 19.5 Å². The van der Waals surface area contributed by atoms with Crippen LogP contribution in [-0.2, 0) is 11.2 Å². The van der Waals surface area contributed by atoms with Crippen LogP contribution in [0, 0.1) is 0 Å². The van der Waals surface area contributed by atoms with Crippen LogP contribution in [0.25, 0.3) is 0 Å². The summed E-state index contributed by atoms with van der Waals surface area (Å²) in [5, 5.41) is 2.84. The first-order chi connectivity index (χ1) is 9.26. The molecule has 0 spiro atoms. The highest BCUT2D eigenvalue weighted by Gasteiger charge is 1.99. The molecule has 0 radical (unpaired) electrons. The third kappa shape index (κ3) is 6.82. The van der Waals surface area contributed by atoms with E-state index in [-0.39, 0.29) is 5.91 Å². The molecule has 0 saturated heterocycles. The molecular formula is C15H24N2O2. The van der Waals surface area contributed by atoms with Crippen molar-refractivity contribution in [2.75, 3.05) is 19.7 Å². The summed E-state index contributed by atoms with van der Waals surface area (Å²) in [5.41, 5.74) is 6.49. The number of carbonyl (C=O) groups is 1. The third-order valence-electron chi connectivity index (χ3n) is 2.80. The highest BCUT2D eigenvalue weighted by Crippen LogP contribution is 2.12. The first-order valence-corrected chi connectivity index (χ1v) is 6.94. The van der Waals surface area contributed by atoms with Gasteiger partial charge in [-0.2, -0.15) is 0 Å². The molecule has 106 valence electrons. The number of hydrogen-bond donors (Lipinski definition) is 2. The summed E-state index contributed by atoms with van der Waals surface area (Å²) >= 11 is 0. The lowest BCUT2D eigenvalue weighted by Crippen LogP contribution is -2.27. The summed E-state index contributed by atoms with van der Waals surface area (Å²) in [4.78, 5) is 11.2. The molecular weight excluding hydrogens is 240 g/mol. The molecule has 0 atom stereocenters. The molecule has 0 aliphatic rings. The molecule has 4 heteroatoms. The first-order valence-electron chi connectivity index (χ1n) is 6.94. The summed E-state index contributed by atoms with van der Waals surface area (Å²) in [6, 6.07) is 8.03. The summed E-state index contributed by atoms with van der Waals surface area (Å²) in [6.07, 6.45) is 3.44. The minimum Gasteiger partial charge on any atom is -0.494 e. The van der Waals surface area contributed by atoms with Crippen molar-refractivity contribution in [2.24, 2.45) is 5.73 Å². The molecule has 0 bridgehead atoms. The number of nitrogens with two attached hydrogens (primary N) is 1. The molecule has 0 unspecified atom stereocenters. The Morgan fingerprint density at radius 1 is 1.32 bits per heavy atom. The Hall–Kier alpha value is -1.55. The average Bonchev–Trinajstić information content (AvgIpc) is 2.41. The molecule has 4 nitrogen and oxygen atoms in total. The minimum absolute atomic E-state index is 0.0158. The lowest BCUT2D eigenvalue weighted by Gasteiger charge is -2.07. The first kappa shape index (κ1) is 15.5. The van der Waals surface area contributed by atoms with E-state index in [0.717, 1.165) is 31.6 Å². The molecule has 0 saturated carbocycles. The highest BCUT2D eigenvalue weighted by atomic mass is 16.5. The Balaban J connectivity index is 2.26. The topological polar surface area (TPSA) is 64.3 Å². The van der Waals surface area contributed by atoms with E-state index < -0.39 is 0 Å². The smallest absolute Gasteiger partial charge is 0.221 e. The van der Waals surface area contributed by atoms with E-state index in [1.54, 1.807) is 0 Å². The zero-order chi connectivity index (χ0) is 13.9. The van der Waals surface area contributed by atoms with E-state index in [9.17, 15) is 4.79 Å². The molecule has 19 heavy (non-hydrogen) atoms. The van der Waals surface area contributed by atoms with Gasteiger partial charge in [0.05, 0.1) is 6.61 Å². The van der Waals surface area contributed by atoms with Crippen LogP contribution < -0.4 is 15.8 Å². The molecule has 0 heterocycles. The number of rotatable bonds is 9. The maximum Gasteiger partial charge on any atom is 0.221 e. The van der Waals surface area contributed by atoms with E-state index >= 15 is 0 Å². The van der Waals surface area contributed by atoms with E-state index in [2.05, 4.69) is 12.2 Å². The molecule has 3 N–H and O–H groups in total. The van der Waals surface area contributed by atoms with Crippen molar-refractivity contribution in [3.8, 4) is 5.75 Å². The zero-order valence-electron chi connectivity index (χ0n) is 11.7. The van der Waals surface area contributed by atoms with Crippen LogP contribution in [0.3, 0.4) is 0 Å². The van der Waals surface area contributed by atoms with Crippen molar-refractivity contribution in [1.82, 2.24) is 5.32 Å². The van der Waals surface area contributed by atoms with Crippen molar-refractivity contribution in [1.29, 1.82) is 0 Å². The van der Waals surface area contributed by atoms with Gasteiger partial charge in [-0.05, 0) is 30.5 Å². The Bertz CT molecular complexity index is 363. The van der Waals surface area contributed by atoms with Crippen molar-refractivity contribution in [3.63, 3.8) is 0 Å². The number of unbranched alkanes of at least 4 members (excludes halogenated alkanes) is 1. The second-order valence-corrected chi connectivity index (χ2v) is 4.48. The molecule has 1 rings (SSSR count). The fourth-order valence-corrected chi connectivity index (χ4v) is 1.65. The zero-order valence-corrected chi connectivity index (χ0v) is 11.7. The van der Waals surface area contributed by atoms with E-state index in [1.165, 1.54) is 5.56 Å². The summed E-state index contributed by atoms with van der Waals surface area (Å²) in [7, 11) is 0. The van der Waals surface area contributed by atoms with Gasteiger partial charge in [-0.15, -0.1) is 0 Å². The van der Waals surface area contributed by atoms with Gasteiger partial charge in [0.25, 0.3) is 0 Å². The molecule has 0 aliphatic carbocycles. The number of benzene rings is 1. The van der Waals surface area contributed by atoms with Gasteiger partial charge < -0.3 is 15.8 Å². The third-order valence-corrected chi connectivity index (χ3v) is 2.80. The van der Waals surface area contributed by atoms with Crippen molar-refractivity contribution in [3.05, 3.63) is 29.8 Å². The van der Waals surface area contributed by atoms with Gasteiger partial charge in [-0.25, -0.2) is 0 Å². The molecule has 1 aromatic carbocycles. The Labute approximate surface area is 115 Å². The lowest BCUT2D eigenvalue weighted by atomic mass is 10.1. The molecule has 0 aliphatic heterocycles. The van der Waals surface area contributed by atoms with Crippen LogP contribution in [0.2, 0.25) is 0 Å².